The lowest BCUT2D eigenvalue weighted by atomic mass is 10.1. The third kappa shape index (κ3) is 4.39. The number of rotatable bonds is 5. The van der Waals surface area contributed by atoms with Crippen molar-refractivity contribution < 1.29 is 13.5 Å². The van der Waals surface area contributed by atoms with Gasteiger partial charge >= 0.3 is 0 Å². The number of sulfonamides is 1. The second-order valence-electron chi connectivity index (χ2n) is 4.13. The van der Waals surface area contributed by atoms with E-state index in [1.807, 2.05) is 0 Å². The molecule has 0 aliphatic carbocycles. The van der Waals surface area contributed by atoms with Gasteiger partial charge in [0.25, 0.3) is 0 Å². The summed E-state index contributed by atoms with van der Waals surface area (Å²) in [6.07, 6.45) is 0.482. The molecule has 0 bridgehead atoms. The minimum atomic E-state index is -3.55. The Morgan fingerprint density at radius 1 is 1.35 bits per heavy atom. The fourth-order valence-corrected chi connectivity index (χ4v) is 2.50. The van der Waals surface area contributed by atoms with Gasteiger partial charge in [-0.2, -0.15) is 0 Å². The highest BCUT2D eigenvalue weighted by Gasteiger charge is 2.22. The number of hydrogen-bond acceptors (Lipinski definition) is 3. The van der Waals surface area contributed by atoms with Gasteiger partial charge in [-0.05, 0) is 37.6 Å². The van der Waals surface area contributed by atoms with Crippen molar-refractivity contribution in [2.75, 3.05) is 6.54 Å². The van der Waals surface area contributed by atoms with E-state index in [4.69, 9.17) is 0 Å². The van der Waals surface area contributed by atoms with Gasteiger partial charge in [0.2, 0.25) is 10.0 Å². The Bertz CT molecular complexity index is 468. The molecule has 0 saturated carbocycles. The van der Waals surface area contributed by atoms with E-state index in [2.05, 4.69) is 20.7 Å². The van der Waals surface area contributed by atoms with Gasteiger partial charge in [0.1, 0.15) is 0 Å². The van der Waals surface area contributed by atoms with Crippen LogP contribution in [0.3, 0.4) is 0 Å². The average molecular weight is 322 g/mol. The lowest BCUT2D eigenvalue weighted by Gasteiger charge is -2.21. The summed E-state index contributed by atoms with van der Waals surface area (Å²) < 4.78 is 26.9. The van der Waals surface area contributed by atoms with Crippen molar-refractivity contribution in [3.05, 3.63) is 28.7 Å². The van der Waals surface area contributed by atoms with Gasteiger partial charge in [-0.25, -0.2) is 13.1 Å². The monoisotopic (exact) mass is 321 g/mol. The zero-order valence-electron chi connectivity index (χ0n) is 9.77. The highest BCUT2D eigenvalue weighted by molar-refractivity contribution is 9.10. The first-order chi connectivity index (χ1) is 7.77. The third-order valence-electron chi connectivity index (χ3n) is 2.53. The Hall–Kier alpha value is -0.430. The van der Waals surface area contributed by atoms with E-state index in [0.717, 1.165) is 4.47 Å². The van der Waals surface area contributed by atoms with E-state index < -0.39 is 15.6 Å². The van der Waals surface area contributed by atoms with Crippen LogP contribution in [0.15, 0.2) is 33.6 Å². The molecular weight excluding hydrogens is 306 g/mol. The summed E-state index contributed by atoms with van der Waals surface area (Å²) in [4.78, 5) is 0.188. The molecule has 1 aromatic carbocycles. The molecule has 96 valence electrons. The van der Waals surface area contributed by atoms with Crippen LogP contribution in [0.2, 0.25) is 0 Å². The Balaban J connectivity index is 2.79. The van der Waals surface area contributed by atoms with Gasteiger partial charge in [-0.3, -0.25) is 0 Å². The van der Waals surface area contributed by atoms with Crippen LogP contribution >= 0.6 is 15.9 Å². The molecule has 4 nitrogen and oxygen atoms in total. The summed E-state index contributed by atoms with van der Waals surface area (Å²) >= 11 is 3.24. The van der Waals surface area contributed by atoms with Crippen LogP contribution < -0.4 is 4.72 Å². The molecule has 6 heteroatoms. The molecule has 1 atom stereocenters. The van der Waals surface area contributed by atoms with Crippen molar-refractivity contribution in [2.45, 2.75) is 30.8 Å². The normalized spacial score (nSPS) is 15.5. The minimum Gasteiger partial charge on any atom is -0.389 e. The summed E-state index contributed by atoms with van der Waals surface area (Å²) in [7, 11) is -3.55. The standard InChI is InChI=1S/C11H16BrNO3S/c1-3-11(2,14)8-13-17(15,16)10-6-4-9(12)5-7-10/h4-7,13-14H,3,8H2,1-2H3. The Morgan fingerprint density at radius 2 is 1.88 bits per heavy atom. The molecular formula is C11H16BrNO3S. The van der Waals surface area contributed by atoms with Gasteiger partial charge in [0.15, 0.2) is 0 Å². The molecule has 1 aromatic rings. The van der Waals surface area contributed by atoms with E-state index in [0.29, 0.717) is 6.42 Å². The maximum absolute atomic E-state index is 11.9. The molecule has 0 saturated heterocycles. The zero-order valence-corrected chi connectivity index (χ0v) is 12.2. The molecule has 2 N–H and O–H groups in total. The minimum absolute atomic E-state index is 0.00188. The highest BCUT2D eigenvalue weighted by Crippen LogP contribution is 2.15. The number of hydrogen-bond donors (Lipinski definition) is 2. The van der Waals surface area contributed by atoms with Crippen LogP contribution in [0.1, 0.15) is 20.3 Å². The van der Waals surface area contributed by atoms with E-state index >= 15 is 0 Å². The molecule has 0 heterocycles. The van der Waals surface area contributed by atoms with Crippen molar-refractivity contribution >= 4 is 26.0 Å². The largest absolute Gasteiger partial charge is 0.389 e. The zero-order chi connectivity index (χ0) is 13.1. The number of nitrogens with one attached hydrogen (secondary N) is 1. The molecule has 1 rings (SSSR count). The van der Waals surface area contributed by atoms with Crippen LogP contribution in [-0.2, 0) is 10.0 Å². The predicted molar refractivity (Wildman–Crippen MR) is 70.2 cm³/mol. The summed E-state index contributed by atoms with van der Waals surface area (Å²) in [5, 5.41) is 9.74. The van der Waals surface area contributed by atoms with E-state index in [9.17, 15) is 13.5 Å². The predicted octanol–water partition coefficient (Wildman–Crippen LogP) is 1.89. The highest BCUT2D eigenvalue weighted by atomic mass is 79.9. The van der Waals surface area contributed by atoms with Gasteiger partial charge in [-0.15, -0.1) is 0 Å². The van der Waals surface area contributed by atoms with Crippen molar-refractivity contribution in [1.29, 1.82) is 0 Å². The van der Waals surface area contributed by atoms with E-state index in [-0.39, 0.29) is 11.4 Å². The lowest BCUT2D eigenvalue weighted by Crippen LogP contribution is -2.40. The van der Waals surface area contributed by atoms with Crippen LogP contribution in [0.5, 0.6) is 0 Å². The smallest absolute Gasteiger partial charge is 0.240 e. The molecule has 0 aliphatic rings. The van der Waals surface area contributed by atoms with Crippen molar-refractivity contribution in [1.82, 2.24) is 4.72 Å². The van der Waals surface area contributed by atoms with Crippen molar-refractivity contribution in [2.24, 2.45) is 0 Å². The van der Waals surface area contributed by atoms with Crippen molar-refractivity contribution in [3.63, 3.8) is 0 Å². The summed E-state index contributed by atoms with van der Waals surface area (Å²) in [6.45, 7) is 3.40. The molecule has 1 unspecified atom stereocenters. The first-order valence-corrected chi connectivity index (χ1v) is 7.52. The Kier molecular flexibility index (Phi) is 4.71. The molecule has 0 amide bonds. The summed E-state index contributed by atoms with van der Waals surface area (Å²) in [5.41, 5.74) is -1.03. The molecule has 17 heavy (non-hydrogen) atoms. The molecule has 0 spiro atoms. The van der Waals surface area contributed by atoms with Crippen molar-refractivity contribution in [3.8, 4) is 0 Å². The van der Waals surface area contributed by atoms with Gasteiger partial charge < -0.3 is 5.11 Å². The SMILES string of the molecule is CCC(C)(O)CNS(=O)(=O)c1ccc(Br)cc1. The van der Waals surface area contributed by atoms with Crippen LogP contribution in [0.4, 0.5) is 0 Å². The first-order valence-electron chi connectivity index (χ1n) is 5.24. The second-order valence-corrected chi connectivity index (χ2v) is 6.81. The molecule has 0 radical (unpaired) electrons. The van der Waals surface area contributed by atoms with Gasteiger partial charge in [0, 0.05) is 11.0 Å². The van der Waals surface area contributed by atoms with Crippen LogP contribution in [-0.4, -0.2) is 25.7 Å². The number of benzene rings is 1. The topological polar surface area (TPSA) is 66.4 Å². The quantitative estimate of drug-likeness (QED) is 0.870. The maximum Gasteiger partial charge on any atom is 0.240 e. The van der Waals surface area contributed by atoms with Crippen LogP contribution in [0.25, 0.3) is 0 Å². The third-order valence-corrected chi connectivity index (χ3v) is 4.47. The number of halogens is 1. The Morgan fingerprint density at radius 3 is 2.35 bits per heavy atom. The summed E-state index contributed by atoms with van der Waals surface area (Å²) in [5.74, 6) is 0. The average Bonchev–Trinajstić information content (AvgIpc) is 2.27. The van der Waals surface area contributed by atoms with Crippen LogP contribution in [0, 0.1) is 0 Å². The first kappa shape index (κ1) is 14.6. The van der Waals surface area contributed by atoms with E-state index in [1.165, 1.54) is 12.1 Å². The fraction of sp³-hybridized carbons (Fsp3) is 0.455. The molecule has 0 aliphatic heterocycles. The fourth-order valence-electron chi connectivity index (χ4n) is 1.07. The van der Waals surface area contributed by atoms with E-state index in [1.54, 1.807) is 26.0 Å². The maximum atomic E-state index is 11.9. The number of aliphatic hydroxyl groups is 1. The van der Waals surface area contributed by atoms with Gasteiger partial charge in [0.05, 0.1) is 10.5 Å². The Labute approximate surface area is 110 Å². The molecule has 0 aromatic heterocycles. The lowest BCUT2D eigenvalue weighted by molar-refractivity contribution is 0.0613. The molecule has 0 fully saturated rings. The van der Waals surface area contributed by atoms with Gasteiger partial charge in [-0.1, -0.05) is 22.9 Å². The second kappa shape index (κ2) is 5.48. The summed E-state index contributed by atoms with van der Waals surface area (Å²) in [6, 6.07) is 6.33.